The van der Waals surface area contributed by atoms with Gasteiger partial charge in [0, 0.05) is 16.4 Å². The van der Waals surface area contributed by atoms with Gasteiger partial charge in [-0.05, 0) is 70.7 Å². The summed E-state index contributed by atoms with van der Waals surface area (Å²) in [5, 5.41) is 10.6. The number of fused-ring (bicyclic) bond motifs is 1. The molecule has 0 aliphatic heterocycles. The van der Waals surface area contributed by atoms with Crippen molar-refractivity contribution in [1.29, 1.82) is 0 Å². The summed E-state index contributed by atoms with van der Waals surface area (Å²) in [4.78, 5) is 20.2. The van der Waals surface area contributed by atoms with Crippen molar-refractivity contribution in [2.75, 3.05) is 0 Å². The van der Waals surface area contributed by atoms with Gasteiger partial charge in [-0.1, -0.05) is 0 Å². The normalized spacial score (nSPS) is 13.2. The molecule has 0 unspecified atom stereocenters. The molecule has 0 fully saturated rings. The zero-order valence-electron chi connectivity index (χ0n) is 10.5. The number of halogens is 1. The number of aromatic carboxylic acids is 1. The molecule has 4 nitrogen and oxygen atoms in total. The molecule has 0 bridgehead atoms. The van der Waals surface area contributed by atoms with Crippen LogP contribution in [0.2, 0.25) is 0 Å². The van der Waals surface area contributed by atoms with Crippen LogP contribution in [0, 0.1) is 0 Å². The van der Waals surface area contributed by atoms with Crippen LogP contribution in [-0.4, -0.2) is 21.0 Å². The molecule has 3 rings (SSSR count). The summed E-state index contributed by atoms with van der Waals surface area (Å²) in [5.74, 6) is -0.938. The second-order valence-electron chi connectivity index (χ2n) is 4.52. The summed E-state index contributed by atoms with van der Waals surface area (Å²) in [5.41, 5.74) is 2.35. The van der Waals surface area contributed by atoms with Crippen LogP contribution in [0.5, 0.6) is 0 Å². The lowest BCUT2D eigenvalue weighted by molar-refractivity contribution is 0.0692. The van der Waals surface area contributed by atoms with Gasteiger partial charge in [0.1, 0.15) is 10.1 Å². The van der Waals surface area contributed by atoms with Gasteiger partial charge in [0.05, 0.1) is 5.56 Å². The van der Waals surface area contributed by atoms with Gasteiger partial charge >= 0.3 is 5.97 Å². The van der Waals surface area contributed by atoms with Crippen LogP contribution in [0.25, 0.3) is 0 Å². The molecule has 1 aliphatic carbocycles. The first-order valence-corrected chi connectivity index (χ1v) is 7.80. The minimum absolute atomic E-state index is 0.264. The van der Waals surface area contributed by atoms with Crippen LogP contribution >= 0.6 is 27.7 Å². The Balaban J connectivity index is 1.99. The lowest BCUT2D eigenvalue weighted by Crippen LogP contribution is -2.04. The van der Waals surface area contributed by atoms with Crippen LogP contribution in [0.4, 0.5) is 0 Å². The fourth-order valence-corrected chi connectivity index (χ4v) is 3.29. The van der Waals surface area contributed by atoms with Gasteiger partial charge in [0.15, 0.2) is 0 Å². The van der Waals surface area contributed by atoms with Crippen LogP contribution in [0.3, 0.4) is 0 Å². The average Bonchev–Trinajstić information content (AvgIpc) is 2.87. The molecule has 1 aliphatic rings. The van der Waals surface area contributed by atoms with Crippen LogP contribution in [-0.2, 0) is 12.8 Å². The molecule has 0 radical (unpaired) electrons. The third kappa shape index (κ3) is 2.71. The highest BCUT2D eigenvalue weighted by molar-refractivity contribution is 9.10. The Labute approximate surface area is 128 Å². The maximum absolute atomic E-state index is 11.4. The maximum Gasteiger partial charge on any atom is 0.338 e. The third-order valence-electron chi connectivity index (χ3n) is 3.15. The Bertz CT molecular complexity index is 674. The highest BCUT2D eigenvalue weighted by atomic mass is 79.9. The number of hydrogen-bond donors (Lipinski definition) is 1. The Hall–Kier alpha value is -1.40. The smallest absolute Gasteiger partial charge is 0.338 e. The van der Waals surface area contributed by atoms with Gasteiger partial charge in [-0.25, -0.2) is 14.8 Å². The van der Waals surface area contributed by atoms with Crippen molar-refractivity contribution in [3.05, 3.63) is 45.7 Å². The van der Waals surface area contributed by atoms with Crippen LogP contribution < -0.4 is 0 Å². The molecule has 0 saturated heterocycles. The van der Waals surface area contributed by atoms with Crippen molar-refractivity contribution in [3.63, 3.8) is 0 Å². The van der Waals surface area contributed by atoms with E-state index in [-0.39, 0.29) is 5.56 Å². The van der Waals surface area contributed by atoms with Gasteiger partial charge in [0.25, 0.3) is 0 Å². The third-order valence-corrected chi connectivity index (χ3v) is 4.57. The molecule has 2 heterocycles. The zero-order chi connectivity index (χ0) is 14.1. The van der Waals surface area contributed by atoms with E-state index in [2.05, 4.69) is 25.9 Å². The first-order valence-electron chi connectivity index (χ1n) is 6.19. The molecular formula is C14H11BrN2O2S. The van der Waals surface area contributed by atoms with Crippen LogP contribution in [0.15, 0.2) is 38.9 Å². The highest BCUT2D eigenvalue weighted by Gasteiger charge is 2.20. The zero-order valence-corrected chi connectivity index (χ0v) is 12.9. The largest absolute Gasteiger partial charge is 0.478 e. The SMILES string of the molecule is O=C(O)c1cc2c(nc1Sc1ccc(Br)cn1)CCC2. The number of carbonyl (C=O) groups is 1. The summed E-state index contributed by atoms with van der Waals surface area (Å²) >= 11 is 4.62. The molecule has 0 aromatic carbocycles. The number of carboxylic acid groups (broad SMARTS) is 1. The van der Waals surface area contributed by atoms with Gasteiger partial charge in [-0.2, -0.15) is 0 Å². The van der Waals surface area contributed by atoms with Gasteiger partial charge in [-0.15, -0.1) is 0 Å². The molecule has 6 heteroatoms. The van der Waals surface area contributed by atoms with Crippen molar-refractivity contribution in [3.8, 4) is 0 Å². The van der Waals surface area contributed by atoms with Crippen molar-refractivity contribution in [2.24, 2.45) is 0 Å². The second kappa shape index (κ2) is 5.54. The number of nitrogens with zero attached hydrogens (tertiary/aromatic N) is 2. The van der Waals surface area contributed by atoms with E-state index in [0.717, 1.165) is 40.0 Å². The van der Waals surface area contributed by atoms with Gasteiger partial charge in [0.2, 0.25) is 0 Å². The topological polar surface area (TPSA) is 63.1 Å². The fraction of sp³-hybridized carbons (Fsp3) is 0.214. The molecule has 0 saturated carbocycles. The lowest BCUT2D eigenvalue weighted by Gasteiger charge is -2.08. The molecule has 2 aromatic heterocycles. The Morgan fingerprint density at radius 3 is 2.90 bits per heavy atom. The molecule has 2 aromatic rings. The van der Waals surface area contributed by atoms with E-state index < -0.39 is 5.97 Å². The number of rotatable bonds is 3. The van der Waals surface area contributed by atoms with Gasteiger partial charge < -0.3 is 5.11 Å². The number of carboxylic acids is 1. The van der Waals surface area contributed by atoms with E-state index in [0.29, 0.717) is 5.03 Å². The second-order valence-corrected chi connectivity index (χ2v) is 6.45. The van der Waals surface area contributed by atoms with E-state index in [1.807, 2.05) is 12.1 Å². The first-order chi connectivity index (χ1) is 9.63. The Kier molecular flexibility index (Phi) is 3.76. The predicted molar refractivity (Wildman–Crippen MR) is 79.3 cm³/mol. The predicted octanol–water partition coefficient (Wildman–Crippen LogP) is 3.58. The summed E-state index contributed by atoms with van der Waals surface area (Å²) in [6, 6.07) is 5.48. The van der Waals surface area contributed by atoms with Gasteiger partial charge in [-0.3, -0.25) is 0 Å². The number of hydrogen-bond acceptors (Lipinski definition) is 4. The minimum Gasteiger partial charge on any atom is -0.478 e. The fourth-order valence-electron chi connectivity index (χ4n) is 2.21. The highest BCUT2D eigenvalue weighted by Crippen LogP contribution is 2.32. The number of aromatic nitrogens is 2. The summed E-state index contributed by atoms with van der Waals surface area (Å²) < 4.78 is 0.891. The van der Waals surface area contributed by atoms with Crippen molar-refractivity contribution >= 4 is 33.7 Å². The first kappa shape index (κ1) is 13.6. The van der Waals surface area contributed by atoms with E-state index in [1.54, 1.807) is 12.3 Å². The minimum atomic E-state index is -0.938. The Morgan fingerprint density at radius 1 is 1.35 bits per heavy atom. The van der Waals surface area contributed by atoms with Crippen molar-refractivity contribution in [2.45, 2.75) is 29.3 Å². The summed E-state index contributed by atoms with van der Waals surface area (Å²) in [6.45, 7) is 0. The monoisotopic (exact) mass is 350 g/mol. The maximum atomic E-state index is 11.4. The number of aryl methyl sites for hydroxylation is 2. The molecule has 102 valence electrons. The molecule has 1 N–H and O–H groups in total. The van der Waals surface area contributed by atoms with Crippen molar-refractivity contribution < 1.29 is 9.90 Å². The molecule has 0 amide bonds. The lowest BCUT2D eigenvalue weighted by atomic mass is 10.1. The summed E-state index contributed by atoms with van der Waals surface area (Å²) in [7, 11) is 0. The Morgan fingerprint density at radius 2 is 2.20 bits per heavy atom. The standard InChI is InChI=1S/C14H11BrN2O2S/c15-9-4-5-12(16-7-9)20-13-10(14(18)19)6-8-2-1-3-11(8)17-13/h4-7H,1-3H2,(H,18,19). The van der Waals surface area contributed by atoms with E-state index in [9.17, 15) is 9.90 Å². The molecule has 0 spiro atoms. The van der Waals surface area contributed by atoms with E-state index >= 15 is 0 Å². The molecule has 20 heavy (non-hydrogen) atoms. The van der Waals surface area contributed by atoms with E-state index in [4.69, 9.17) is 0 Å². The average molecular weight is 351 g/mol. The molecular weight excluding hydrogens is 340 g/mol. The van der Waals surface area contributed by atoms with Crippen molar-refractivity contribution in [1.82, 2.24) is 9.97 Å². The van der Waals surface area contributed by atoms with E-state index in [1.165, 1.54) is 11.8 Å². The summed E-state index contributed by atoms with van der Waals surface area (Å²) in [6.07, 6.45) is 4.59. The van der Waals surface area contributed by atoms with Crippen LogP contribution in [0.1, 0.15) is 28.0 Å². The number of pyridine rings is 2. The quantitative estimate of drug-likeness (QED) is 0.916. The molecule has 0 atom stereocenters.